The number of aryl methyl sites for hydroxylation is 3. The maximum Gasteiger partial charge on any atom is 0.332 e. The number of hydrogen-bond donors (Lipinski definition) is 0. The largest absolute Gasteiger partial charge is 0.332 e. The van der Waals surface area contributed by atoms with Gasteiger partial charge in [-0.25, -0.2) is 14.8 Å². The first-order chi connectivity index (χ1) is 14.9. The van der Waals surface area contributed by atoms with Crippen LogP contribution < -0.4 is 11.2 Å². The van der Waals surface area contributed by atoms with Gasteiger partial charge in [-0.1, -0.05) is 37.7 Å². The number of aromatic nitrogens is 6. The van der Waals surface area contributed by atoms with E-state index in [4.69, 9.17) is 4.98 Å². The Hall–Kier alpha value is -2.81. The van der Waals surface area contributed by atoms with Crippen molar-refractivity contribution >= 4 is 34.0 Å². The first-order valence-electron chi connectivity index (χ1n) is 10.6. The Labute approximate surface area is 184 Å². The second-order valence-electron chi connectivity index (χ2n) is 8.25. The minimum atomic E-state index is -0.328. The van der Waals surface area contributed by atoms with Gasteiger partial charge in [0.1, 0.15) is 0 Å². The van der Waals surface area contributed by atoms with E-state index in [1.54, 1.807) is 36.8 Å². The van der Waals surface area contributed by atoms with Crippen molar-refractivity contribution in [3.05, 3.63) is 51.4 Å². The Morgan fingerprint density at radius 3 is 2.61 bits per heavy atom. The maximum absolute atomic E-state index is 12.8. The third-order valence-electron chi connectivity index (χ3n) is 5.51. The molecule has 0 atom stereocenters. The van der Waals surface area contributed by atoms with Crippen LogP contribution in [-0.4, -0.2) is 34.0 Å². The van der Waals surface area contributed by atoms with Crippen LogP contribution in [-0.2, 0) is 27.2 Å². The Bertz CT molecular complexity index is 1340. The summed E-state index contributed by atoms with van der Waals surface area (Å²) in [6.07, 6.45) is 3.34. The van der Waals surface area contributed by atoms with Crippen molar-refractivity contribution in [1.29, 1.82) is 0 Å². The number of nitrogens with zero attached hydrogens (tertiary/aromatic N) is 6. The lowest BCUT2D eigenvalue weighted by Crippen LogP contribution is -2.39. The van der Waals surface area contributed by atoms with Crippen molar-refractivity contribution in [1.82, 2.24) is 28.2 Å². The van der Waals surface area contributed by atoms with E-state index in [1.807, 2.05) is 18.2 Å². The molecule has 0 saturated heterocycles. The number of thioether (sulfide) groups is 1. The number of benzene rings is 1. The van der Waals surface area contributed by atoms with Crippen LogP contribution in [0.5, 0.6) is 0 Å². The predicted molar refractivity (Wildman–Crippen MR) is 125 cm³/mol. The lowest BCUT2D eigenvalue weighted by molar-refractivity contribution is 0.503. The van der Waals surface area contributed by atoms with Crippen LogP contribution in [0.4, 0.5) is 0 Å². The number of imidazole rings is 2. The Kier molecular flexibility index (Phi) is 6.04. The van der Waals surface area contributed by atoms with E-state index < -0.39 is 0 Å². The van der Waals surface area contributed by atoms with Gasteiger partial charge in [-0.05, 0) is 30.9 Å². The molecule has 0 fully saturated rings. The number of fused-ring (bicyclic) bond motifs is 2. The zero-order valence-corrected chi connectivity index (χ0v) is 19.2. The van der Waals surface area contributed by atoms with Gasteiger partial charge in [0.25, 0.3) is 5.56 Å². The van der Waals surface area contributed by atoms with Gasteiger partial charge in [-0.2, -0.15) is 0 Å². The van der Waals surface area contributed by atoms with Crippen LogP contribution in [0.1, 0.15) is 26.7 Å². The SMILES string of the molecule is CC(C)CCn1c(SCCCn2c(=O)c3c(ncn3C)n(C)c2=O)nc2ccccc21. The van der Waals surface area contributed by atoms with Gasteiger partial charge in [0.15, 0.2) is 16.3 Å². The summed E-state index contributed by atoms with van der Waals surface area (Å²) in [5.41, 5.74) is 2.41. The molecule has 3 heterocycles. The van der Waals surface area contributed by atoms with Gasteiger partial charge in [0.2, 0.25) is 0 Å². The van der Waals surface area contributed by atoms with E-state index in [0.29, 0.717) is 30.0 Å². The second-order valence-corrected chi connectivity index (χ2v) is 9.31. The first-order valence-corrected chi connectivity index (χ1v) is 11.6. The molecule has 0 saturated carbocycles. The molecule has 0 amide bonds. The van der Waals surface area contributed by atoms with Crippen molar-refractivity contribution in [2.75, 3.05) is 5.75 Å². The Balaban J connectivity index is 1.51. The van der Waals surface area contributed by atoms with Crippen LogP contribution in [0.3, 0.4) is 0 Å². The van der Waals surface area contributed by atoms with Crippen molar-refractivity contribution in [3.8, 4) is 0 Å². The molecule has 0 radical (unpaired) electrons. The highest BCUT2D eigenvalue weighted by Gasteiger charge is 2.15. The van der Waals surface area contributed by atoms with Crippen molar-refractivity contribution in [3.63, 3.8) is 0 Å². The molecule has 1 aromatic carbocycles. The molecule has 0 spiro atoms. The second kappa shape index (κ2) is 8.74. The summed E-state index contributed by atoms with van der Waals surface area (Å²) >= 11 is 1.68. The smallest absolute Gasteiger partial charge is 0.328 e. The molecule has 0 aliphatic heterocycles. The average Bonchev–Trinajstić information content (AvgIpc) is 3.30. The summed E-state index contributed by atoms with van der Waals surface area (Å²) in [6, 6.07) is 8.20. The first kappa shape index (κ1) is 21.4. The van der Waals surface area contributed by atoms with Gasteiger partial charge < -0.3 is 9.13 Å². The molecular formula is C22H28N6O2S. The fourth-order valence-electron chi connectivity index (χ4n) is 3.75. The zero-order valence-electron chi connectivity index (χ0n) is 18.4. The summed E-state index contributed by atoms with van der Waals surface area (Å²) in [7, 11) is 3.42. The van der Waals surface area contributed by atoms with E-state index in [2.05, 4.69) is 29.5 Å². The van der Waals surface area contributed by atoms with E-state index in [-0.39, 0.29) is 11.2 Å². The molecule has 8 nitrogen and oxygen atoms in total. The molecule has 0 aliphatic carbocycles. The molecule has 9 heteroatoms. The third-order valence-corrected chi connectivity index (χ3v) is 6.57. The van der Waals surface area contributed by atoms with Crippen LogP contribution in [0.15, 0.2) is 45.3 Å². The van der Waals surface area contributed by atoms with E-state index in [0.717, 1.165) is 34.9 Å². The van der Waals surface area contributed by atoms with Crippen LogP contribution in [0.25, 0.3) is 22.2 Å². The third kappa shape index (κ3) is 4.06. The summed E-state index contributed by atoms with van der Waals surface area (Å²) in [4.78, 5) is 34.5. The van der Waals surface area contributed by atoms with Gasteiger partial charge >= 0.3 is 5.69 Å². The fraction of sp³-hybridized carbons (Fsp3) is 0.455. The lowest BCUT2D eigenvalue weighted by atomic mass is 10.1. The van der Waals surface area contributed by atoms with Crippen LogP contribution >= 0.6 is 11.8 Å². The molecule has 4 rings (SSSR count). The van der Waals surface area contributed by atoms with E-state index in [9.17, 15) is 9.59 Å². The monoisotopic (exact) mass is 440 g/mol. The van der Waals surface area contributed by atoms with Crippen LogP contribution in [0, 0.1) is 5.92 Å². The number of rotatable bonds is 8. The van der Waals surface area contributed by atoms with Gasteiger partial charge in [-0.3, -0.25) is 13.9 Å². The van der Waals surface area contributed by atoms with Gasteiger partial charge in [0.05, 0.1) is 17.4 Å². The molecule has 0 aliphatic rings. The highest BCUT2D eigenvalue weighted by Crippen LogP contribution is 2.25. The molecule has 0 N–H and O–H groups in total. The standard InChI is InChI=1S/C22H28N6O2S/c1-15(2)10-12-27-17-9-6-5-8-16(17)24-21(27)31-13-7-11-28-20(29)18-19(23-14-25(18)3)26(4)22(28)30/h5-6,8-9,14-15H,7,10-13H2,1-4H3. The van der Waals surface area contributed by atoms with Crippen molar-refractivity contribution in [2.45, 2.75) is 44.9 Å². The average molecular weight is 441 g/mol. The van der Waals surface area contributed by atoms with Crippen LogP contribution in [0.2, 0.25) is 0 Å². The zero-order chi connectivity index (χ0) is 22.1. The molecule has 31 heavy (non-hydrogen) atoms. The van der Waals surface area contributed by atoms with Gasteiger partial charge in [-0.15, -0.1) is 0 Å². The van der Waals surface area contributed by atoms with Crippen molar-refractivity contribution in [2.24, 2.45) is 20.0 Å². The highest BCUT2D eigenvalue weighted by atomic mass is 32.2. The summed E-state index contributed by atoms with van der Waals surface area (Å²) < 4.78 is 6.70. The number of para-hydroxylation sites is 2. The summed E-state index contributed by atoms with van der Waals surface area (Å²) in [5, 5.41) is 0.990. The minimum Gasteiger partial charge on any atom is -0.328 e. The summed E-state index contributed by atoms with van der Waals surface area (Å²) in [6.45, 7) is 5.75. The quantitative estimate of drug-likeness (QED) is 0.311. The van der Waals surface area contributed by atoms with E-state index >= 15 is 0 Å². The Morgan fingerprint density at radius 1 is 1.06 bits per heavy atom. The Morgan fingerprint density at radius 2 is 1.84 bits per heavy atom. The van der Waals surface area contributed by atoms with E-state index in [1.165, 1.54) is 9.13 Å². The minimum absolute atomic E-state index is 0.285. The fourth-order valence-corrected chi connectivity index (χ4v) is 4.71. The number of hydrogen-bond acceptors (Lipinski definition) is 5. The molecule has 0 bridgehead atoms. The normalized spacial score (nSPS) is 11.9. The predicted octanol–water partition coefficient (Wildman–Crippen LogP) is 3.01. The molecule has 4 aromatic rings. The molecule has 0 unspecified atom stereocenters. The topological polar surface area (TPSA) is 79.6 Å². The highest BCUT2D eigenvalue weighted by molar-refractivity contribution is 7.99. The molecular weight excluding hydrogens is 412 g/mol. The lowest BCUT2D eigenvalue weighted by Gasteiger charge is -2.11. The maximum atomic E-state index is 12.8. The van der Waals surface area contributed by atoms with Gasteiger partial charge in [0, 0.05) is 32.9 Å². The molecule has 164 valence electrons. The summed E-state index contributed by atoms with van der Waals surface area (Å²) in [5.74, 6) is 1.38. The van der Waals surface area contributed by atoms with Crippen molar-refractivity contribution < 1.29 is 0 Å². The molecule has 3 aromatic heterocycles.